The van der Waals surface area contributed by atoms with Crippen LogP contribution in [0.4, 0.5) is 0 Å². The van der Waals surface area contributed by atoms with E-state index >= 15 is 0 Å². The second-order valence-electron chi connectivity index (χ2n) is 5.71. The highest BCUT2D eigenvalue weighted by atomic mass is 16.5. The highest BCUT2D eigenvalue weighted by Crippen LogP contribution is 2.06. The van der Waals surface area contributed by atoms with Crippen molar-refractivity contribution in [1.82, 2.24) is 0 Å². The Morgan fingerprint density at radius 2 is 1.88 bits per heavy atom. The Kier molecular flexibility index (Phi) is 11.4. The second kappa shape index (κ2) is 13.5. The molecule has 0 spiro atoms. The van der Waals surface area contributed by atoms with Crippen molar-refractivity contribution in [3.05, 3.63) is 35.9 Å². The number of hydrogen-bond donors (Lipinski definition) is 1. The van der Waals surface area contributed by atoms with Gasteiger partial charge in [-0.05, 0) is 37.7 Å². The number of aliphatic hydroxyl groups excluding tert-OH is 1. The van der Waals surface area contributed by atoms with Gasteiger partial charge in [0, 0.05) is 19.4 Å². The summed E-state index contributed by atoms with van der Waals surface area (Å²) in [6, 6.07) is 9.63. The Balaban J connectivity index is 0.000000300. The first-order chi connectivity index (χ1) is 11.7. The number of unbranched alkanes of at least 4 members (excludes halogenated alkanes) is 2. The third kappa shape index (κ3) is 10.8. The fourth-order valence-electron chi connectivity index (χ4n) is 2.17. The van der Waals surface area contributed by atoms with Gasteiger partial charge in [-0.3, -0.25) is 9.59 Å². The average Bonchev–Trinajstić information content (AvgIpc) is 2.86. The molecular weight excluding hydrogens is 308 g/mol. The second-order valence-corrected chi connectivity index (χ2v) is 5.71. The van der Waals surface area contributed by atoms with Crippen molar-refractivity contribution in [2.75, 3.05) is 13.2 Å². The van der Waals surface area contributed by atoms with Crippen LogP contribution in [0.3, 0.4) is 0 Å². The topological polar surface area (TPSA) is 72.8 Å². The predicted octanol–water partition coefficient (Wildman–Crippen LogP) is 3.39. The van der Waals surface area contributed by atoms with E-state index in [0.717, 1.165) is 44.1 Å². The lowest BCUT2D eigenvalue weighted by Gasteiger charge is -2.04. The summed E-state index contributed by atoms with van der Waals surface area (Å²) in [5.41, 5.74) is 1.01. The van der Waals surface area contributed by atoms with E-state index in [1.807, 2.05) is 30.3 Å². The predicted molar refractivity (Wildman–Crippen MR) is 91.2 cm³/mol. The van der Waals surface area contributed by atoms with Crippen LogP contribution in [0, 0.1) is 0 Å². The monoisotopic (exact) mass is 336 g/mol. The van der Waals surface area contributed by atoms with Crippen molar-refractivity contribution >= 4 is 11.9 Å². The van der Waals surface area contributed by atoms with Crippen LogP contribution in [0.15, 0.2) is 30.3 Å². The smallest absolute Gasteiger partial charge is 0.306 e. The van der Waals surface area contributed by atoms with Crippen molar-refractivity contribution in [3.8, 4) is 0 Å². The molecule has 0 radical (unpaired) electrons. The molecule has 1 aromatic carbocycles. The van der Waals surface area contributed by atoms with E-state index in [1.54, 1.807) is 0 Å². The van der Waals surface area contributed by atoms with Gasteiger partial charge in [0.15, 0.2) is 0 Å². The van der Waals surface area contributed by atoms with Crippen LogP contribution in [-0.2, 0) is 25.7 Å². The number of esters is 2. The quantitative estimate of drug-likeness (QED) is 0.610. The molecule has 1 heterocycles. The third-order valence-corrected chi connectivity index (χ3v) is 3.57. The largest absolute Gasteiger partial charge is 0.466 e. The number of aliphatic hydroxyl groups is 1. The lowest BCUT2D eigenvalue weighted by atomic mass is 10.2. The molecule has 1 fully saturated rings. The van der Waals surface area contributed by atoms with Crippen molar-refractivity contribution in [1.29, 1.82) is 0 Å². The number of rotatable bonds is 7. The van der Waals surface area contributed by atoms with Gasteiger partial charge in [-0.15, -0.1) is 0 Å². The molecule has 2 rings (SSSR count). The maximum Gasteiger partial charge on any atom is 0.306 e. The Hall–Kier alpha value is -1.88. The zero-order valence-electron chi connectivity index (χ0n) is 14.2. The Morgan fingerprint density at radius 1 is 1.08 bits per heavy atom. The van der Waals surface area contributed by atoms with E-state index < -0.39 is 0 Å². The molecule has 0 amide bonds. The molecule has 0 aromatic heterocycles. The van der Waals surface area contributed by atoms with Crippen LogP contribution in [0.5, 0.6) is 0 Å². The van der Waals surface area contributed by atoms with E-state index in [9.17, 15) is 9.59 Å². The van der Waals surface area contributed by atoms with Gasteiger partial charge in [0.1, 0.15) is 6.61 Å². The first-order valence-electron chi connectivity index (χ1n) is 8.68. The number of carbonyl (C=O) groups is 2. The summed E-state index contributed by atoms with van der Waals surface area (Å²) in [5.74, 6) is -0.190. The van der Waals surface area contributed by atoms with E-state index in [4.69, 9.17) is 14.6 Å². The first kappa shape index (κ1) is 20.2. The Morgan fingerprint density at radius 3 is 2.62 bits per heavy atom. The molecule has 134 valence electrons. The number of benzene rings is 1. The average molecular weight is 336 g/mol. The van der Waals surface area contributed by atoms with Gasteiger partial charge in [-0.2, -0.15) is 0 Å². The molecule has 1 aliphatic rings. The van der Waals surface area contributed by atoms with Gasteiger partial charge >= 0.3 is 11.9 Å². The summed E-state index contributed by atoms with van der Waals surface area (Å²) in [4.78, 5) is 21.8. The van der Waals surface area contributed by atoms with Crippen LogP contribution in [-0.4, -0.2) is 30.3 Å². The molecular formula is C19H28O5. The van der Waals surface area contributed by atoms with Gasteiger partial charge < -0.3 is 14.6 Å². The molecule has 5 heteroatoms. The molecule has 1 N–H and O–H groups in total. The van der Waals surface area contributed by atoms with Crippen molar-refractivity contribution in [2.24, 2.45) is 0 Å². The summed E-state index contributed by atoms with van der Waals surface area (Å²) >= 11 is 0. The Bertz CT molecular complexity index is 448. The minimum atomic E-state index is -0.165. The first-order valence-corrected chi connectivity index (χ1v) is 8.68. The van der Waals surface area contributed by atoms with Crippen LogP contribution < -0.4 is 0 Å². The van der Waals surface area contributed by atoms with Gasteiger partial charge in [-0.25, -0.2) is 0 Å². The van der Waals surface area contributed by atoms with Gasteiger partial charge in [0.2, 0.25) is 0 Å². The molecule has 24 heavy (non-hydrogen) atoms. The highest BCUT2D eigenvalue weighted by Gasteiger charge is 2.05. The molecule has 1 aromatic rings. The van der Waals surface area contributed by atoms with Crippen molar-refractivity contribution < 1.29 is 24.2 Å². The SMILES string of the molecule is O=C(CCCCCO)OCc1ccccc1.O=C1CCCCCO1. The molecule has 1 saturated heterocycles. The van der Waals surface area contributed by atoms with Gasteiger partial charge in [0.05, 0.1) is 6.61 Å². The van der Waals surface area contributed by atoms with Crippen LogP contribution in [0.25, 0.3) is 0 Å². The van der Waals surface area contributed by atoms with Crippen molar-refractivity contribution in [2.45, 2.75) is 58.0 Å². The van der Waals surface area contributed by atoms with E-state index in [2.05, 4.69) is 0 Å². The normalized spacial score (nSPS) is 14.0. The van der Waals surface area contributed by atoms with Crippen LogP contribution in [0.2, 0.25) is 0 Å². The fraction of sp³-hybridized carbons (Fsp3) is 0.579. The number of hydrogen-bond acceptors (Lipinski definition) is 5. The zero-order chi connectivity index (χ0) is 17.5. The number of cyclic esters (lactones) is 1. The highest BCUT2D eigenvalue weighted by molar-refractivity contribution is 5.69. The summed E-state index contributed by atoms with van der Waals surface area (Å²) in [6.07, 6.45) is 6.68. The number of carbonyl (C=O) groups excluding carboxylic acids is 2. The van der Waals surface area contributed by atoms with Crippen LogP contribution >= 0.6 is 0 Å². The zero-order valence-corrected chi connectivity index (χ0v) is 14.2. The standard InChI is InChI=1S/C13H18O3.C6H10O2/c14-10-6-2-5-9-13(15)16-11-12-7-3-1-4-8-12;7-6-4-2-1-3-5-8-6/h1,3-4,7-8,14H,2,5-6,9-11H2;1-5H2. The van der Waals surface area contributed by atoms with E-state index in [-0.39, 0.29) is 18.5 Å². The third-order valence-electron chi connectivity index (χ3n) is 3.57. The lowest BCUT2D eigenvalue weighted by Crippen LogP contribution is -2.04. The maximum absolute atomic E-state index is 11.3. The molecule has 5 nitrogen and oxygen atoms in total. The van der Waals surface area contributed by atoms with E-state index in [0.29, 0.717) is 26.1 Å². The molecule has 0 saturated carbocycles. The summed E-state index contributed by atoms with van der Waals surface area (Å²) < 4.78 is 9.87. The molecule has 0 aliphatic carbocycles. The fourth-order valence-corrected chi connectivity index (χ4v) is 2.17. The van der Waals surface area contributed by atoms with Crippen LogP contribution in [0.1, 0.15) is 56.9 Å². The minimum absolute atomic E-state index is 0.0255. The molecule has 0 atom stereocenters. The summed E-state index contributed by atoms with van der Waals surface area (Å²) in [7, 11) is 0. The van der Waals surface area contributed by atoms with Gasteiger partial charge in [-0.1, -0.05) is 36.8 Å². The van der Waals surface area contributed by atoms with E-state index in [1.165, 1.54) is 0 Å². The molecule has 0 bridgehead atoms. The lowest BCUT2D eigenvalue weighted by molar-refractivity contribution is -0.145. The summed E-state index contributed by atoms with van der Waals surface area (Å²) in [5, 5.41) is 8.57. The minimum Gasteiger partial charge on any atom is -0.466 e. The number of ether oxygens (including phenoxy) is 2. The van der Waals surface area contributed by atoms with Crippen molar-refractivity contribution in [3.63, 3.8) is 0 Å². The molecule has 0 unspecified atom stereocenters. The van der Waals surface area contributed by atoms with Gasteiger partial charge in [0.25, 0.3) is 0 Å². The summed E-state index contributed by atoms with van der Waals surface area (Å²) in [6.45, 7) is 1.18. The molecule has 1 aliphatic heterocycles. The maximum atomic E-state index is 11.3. The Labute approximate surface area is 144 Å².